The zero-order chi connectivity index (χ0) is 31.5. The number of allylic oxidation sites excluding steroid dienone is 3. The van der Waals surface area contributed by atoms with Gasteiger partial charge in [0.2, 0.25) is 5.79 Å². The number of Topliss-reactive ketones (excluding diaryl/α,β-unsaturated/α-hetero) is 1. The van der Waals surface area contributed by atoms with E-state index in [4.69, 9.17) is 24.1 Å². The Morgan fingerprint density at radius 1 is 1.19 bits per heavy atom. The van der Waals surface area contributed by atoms with E-state index < -0.39 is 72.5 Å². The predicted octanol–water partition coefficient (Wildman–Crippen LogP) is 2.61. The maximum atomic E-state index is 15.8. The highest BCUT2D eigenvalue weighted by Crippen LogP contribution is 2.51. The van der Waals surface area contributed by atoms with Crippen molar-refractivity contribution in [3.05, 3.63) is 36.5 Å². The van der Waals surface area contributed by atoms with Crippen LogP contribution in [0.2, 0.25) is 0 Å². The van der Waals surface area contributed by atoms with Gasteiger partial charge in [0.25, 0.3) is 11.8 Å². The number of hydrogen-bond acceptors (Lipinski definition) is 9. The lowest BCUT2D eigenvalue weighted by atomic mass is 9.71. The molecule has 13 heteroatoms. The number of carbonyl (C=O) groups is 3. The number of amides is 1. The first-order valence-electron chi connectivity index (χ1n) is 13.9. The number of carbonyl (C=O) groups excluding carboxylic acids is 2. The molecule has 0 bridgehead atoms. The van der Waals surface area contributed by atoms with Crippen LogP contribution < -0.4 is 5.32 Å². The van der Waals surface area contributed by atoms with Crippen molar-refractivity contribution in [3.63, 3.8) is 0 Å². The van der Waals surface area contributed by atoms with Crippen LogP contribution in [0.3, 0.4) is 0 Å². The summed E-state index contributed by atoms with van der Waals surface area (Å²) >= 11 is 0. The van der Waals surface area contributed by atoms with Crippen LogP contribution in [0, 0.1) is 11.3 Å². The summed E-state index contributed by atoms with van der Waals surface area (Å²) in [5.41, 5.74) is -1.25. The third kappa shape index (κ3) is 7.32. The summed E-state index contributed by atoms with van der Waals surface area (Å²) in [6.45, 7) is 9.33. The predicted molar refractivity (Wildman–Crippen MR) is 144 cm³/mol. The molecule has 1 amide bonds. The smallest absolute Gasteiger partial charge is 0.328 e. The van der Waals surface area contributed by atoms with Gasteiger partial charge >= 0.3 is 5.97 Å². The van der Waals surface area contributed by atoms with Crippen molar-refractivity contribution in [2.75, 3.05) is 6.79 Å². The molecule has 0 aliphatic carbocycles. The Balaban J connectivity index is 1.67. The van der Waals surface area contributed by atoms with Crippen LogP contribution in [0.4, 0.5) is 8.78 Å². The third-order valence-corrected chi connectivity index (χ3v) is 8.34. The molecule has 0 radical (unpaired) electrons. The number of unbranched alkanes of at least 4 members (excludes halogenated alkanes) is 1. The molecular weight excluding hydrogens is 560 g/mol. The number of fused-ring (bicyclic) bond motifs is 1. The van der Waals surface area contributed by atoms with Crippen LogP contribution in [0.1, 0.15) is 59.8 Å². The van der Waals surface area contributed by atoms with E-state index in [2.05, 4.69) is 11.9 Å². The van der Waals surface area contributed by atoms with Crippen molar-refractivity contribution in [2.24, 2.45) is 11.3 Å². The SMILES string of the molecule is C=C1C[C@](O)(C(O)C(=O)NC2OCO[C@H]3[C@@H]2OC(CC(=O)CCC/C=C/C=C/C(=O)O)C(C)(C)C3(F)F)O[C@H](C)[C@@H]1C. The molecule has 4 N–H and O–H groups in total. The van der Waals surface area contributed by atoms with E-state index in [-0.39, 0.29) is 31.0 Å². The Morgan fingerprint density at radius 3 is 2.52 bits per heavy atom. The Labute approximate surface area is 243 Å². The average Bonchev–Trinajstić information content (AvgIpc) is 2.89. The highest BCUT2D eigenvalue weighted by atomic mass is 19.3. The fourth-order valence-corrected chi connectivity index (χ4v) is 5.26. The highest BCUT2D eigenvalue weighted by molar-refractivity contribution is 5.82. The van der Waals surface area contributed by atoms with Crippen molar-refractivity contribution in [2.45, 2.75) is 108 Å². The van der Waals surface area contributed by atoms with Gasteiger partial charge in [-0.15, -0.1) is 0 Å². The topological polar surface area (TPSA) is 161 Å². The number of rotatable bonds is 11. The minimum atomic E-state index is -3.50. The van der Waals surface area contributed by atoms with Gasteiger partial charge in [-0.05, 0) is 19.8 Å². The van der Waals surface area contributed by atoms with Crippen LogP contribution in [0.15, 0.2) is 36.5 Å². The van der Waals surface area contributed by atoms with Gasteiger partial charge in [0.1, 0.15) is 18.7 Å². The minimum absolute atomic E-state index is 0.0862. The van der Waals surface area contributed by atoms with E-state index in [1.165, 1.54) is 26.0 Å². The first kappa shape index (κ1) is 33.9. The number of alkyl halides is 2. The third-order valence-electron chi connectivity index (χ3n) is 8.34. The number of ketones is 1. The lowest BCUT2D eigenvalue weighted by Crippen LogP contribution is -2.71. The number of hydrogen-bond donors (Lipinski definition) is 4. The summed E-state index contributed by atoms with van der Waals surface area (Å²) in [6, 6.07) is 0. The standard InChI is InChI=1S/C29H41F2NO10/c1-16-14-28(38,42-18(3)17(16)2)23(36)25(37)32-26-22-24(39-15-40-26)29(30,31)27(4,5)20(41-22)13-19(33)11-9-7-6-8-10-12-21(34)35/h6,8,10,12,17-18,20,22-24,26,36,38H,1,7,9,11,13-15H2,2-5H3,(H,32,37)(H,34,35)/b8-6+,12-10+/t17-,18-,20?,22+,23?,24+,26?,28-/m1/s1. The molecule has 8 atom stereocenters. The second-order valence-electron chi connectivity index (χ2n) is 11.7. The second kappa shape index (κ2) is 13.4. The van der Waals surface area contributed by atoms with Crippen LogP contribution >= 0.6 is 0 Å². The van der Waals surface area contributed by atoms with Gasteiger partial charge in [0, 0.05) is 31.3 Å². The van der Waals surface area contributed by atoms with E-state index in [1.807, 2.05) is 6.92 Å². The number of nitrogens with one attached hydrogen (secondary N) is 1. The Hall–Kier alpha value is -2.55. The number of aliphatic hydroxyl groups excluding tert-OH is 1. The summed E-state index contributed by atoms with van der Waals surface area (Å²) in [7, 11) is 0. The maximum Gasteiger partial charge on any atom is 0.328 e. The largest absolute Gasteiger partial charge is 0.478 e. The van der Waals surface area contributed by atoms with Gasteiger partial charge in [-0.1, -0.05) is 51.2 Å². The number of carboxylic acid groups (broad SMARTS) is 1. The summed E-state index contributed by atoms with van der Waals surface area (Å²) in [4.78, 5) is 36.2. The number of ether oxygens (including phenoxy) is 4. The molecule has 3 heterocycles. The number of aliphatic carboxylic acids is 1. The number of carboxylic acids is 1. The van der Waals surface area contributed by atoms with Crippen molar-refractivity contribution in [3.8, 4) is 0 Å². The quantitative estimate of drug-likeness (QED) is 0.120. The Bertz CT molecular complexity index is 1090. The molecule has 11 nitrogen and oxygen atoms in total. The lowest BCUT2D eigenvalue weighted by Gasteiger charge is -2.54. The zero-order valence-corrected chi connectivity index (χ0v) is 24.3. The van der Waals surface area contributed by atoms with E-state index in [9.17, 15) is 24.6 Å². The van der Waals surface area contributed by atoms with Crippen molar-refractivity contribution in [1.29, 1.82) is 0 Å². The minimum Gasteiger partial charge on any atom is -0.478 e. The molecule has 3 aliphatic rings. The molecule has 3 unspecified atom stereocenters. The van der Waals surface area contributed by atoms with Gasteiger partial charge in [0.05, 0.1) is 17.6 Å². The molecule has 0 aromatic carbocycles. The highest BCUT2D eigenvalue weighted by Gasteiger charge is 2.67. The average molecular weight is 602 g/mol. The van der Waals surface area contributed by atoms with Gasteiger partial charge in [-0.2, -0.15) is 0 Å². The molecule has 3 aliphatic heterocycles. The van der Waals surface area contributed by atoms with Crippen molar-refractivity contribution >= 4 is 17.7 Å². The first-order chi connectivity index (χ1) is 19.5. The van der Waals surface area contributed by atoms with Gasteiger partial charge in [-0.3, -0.25) is 9.59 Å². The number of halogens is 2. The van der Waals surface area contributed by atoms with Crippen LogP contribution in [0.25, 0.3) is 0 Å². The van der Waals surface area contributed by atoms with E-state index in [1.54, 1.807) is 13.0 Å². The van der Waals surface area contributed by atoms with Crippen LogP contribution in [-0.2, 0) is 33.3 Å². The second-order valence-corrected chi connectivity index (χ2v) is 11.7. The molecule has 3 fully saturated rings. The number of aliphatic hydroxyl groups is 2. The Kier molecular flexibility index (Phi) is 10.8. The first-order valence-corrected chi connectivity index (χ1v) is 13.9. The monoisotopic (exact) mass is 601 g/mol. The molecule has 236 valence electrons. The molecule has 3 saturated heterocycles. The summed E-state index contributed by atoms with van der Waals surface area (Å²) < 4.78 is 53.7. The fraction of sp³-hybridized carbons (Fsp3) is 0.690. The molecule has 0 spiro atoms. The fourth-order valence-electron chi connectivity index (χ4n) is 5.26. The molecule has 0 saturated carbocycles. The van der Waals surface area contributed by atoms with E-state index >= 15 is 8.78 Å². The summed E-state index contributed by atoms with van der Waals surface area (Å²) in [5.74, 6) is -8.44. The molecule has 3 rings (SSSR count). The molecule has 42 heavy (non-hydrogen) atoms. The lowest BCUT2D eigenvalue weighted by molar-refractivity contribution is -0.370. The molecule has 0 aromatic rings. The summed E-state index contributed by atoms with van der Waals surface area (Å²) in [5, 5.41) is 32.5. The zero-order valence-electron chi connectivity index (χ0n) is 24.3. The van der Waals surface area contributed by atoms with Gasteiger partial charge in [-0.25, -0.2) is 13.6 Å². The molecular formula is C29H41F2NO10. The van der Waals surface area contributed by atoms with Gasteiger partial charge in [0.15, 0.2) is 18.4 Å². The summed E-state index contributed by atoms with van der Waals surface area (Å²) in [6.07, 6.45) is -2.76. The normalized spacial score (nSPS) is 35.1. The van der Waals surface area contributed by atoms with Crippen molar-refractivity contribution < 1.29 is 57.4 Å². The van der Waals surface area contributed by atoms with Crippen LogP contribution in [0.5, 0.6) is 0 Å². The van der Waals surface area contributed by atoms with Gasteiger partial charge < -0.3 is 39.6 Å². The molecule has 0 aromatic heterocycles. The van der Waals surface area contributed by atoms with Crippen LogP contribution in [-0.4, -0.2) is 88.2 Å². The maximum absolute atomic E-state index is 15.8. The van der Waals surface area contributed by atoms with E-state index in [0.29, 0.717) is 18.4 Å². The Morgan fingerprint density at radius 2 is 1.88 bits per heavy atom. The van der Waals surface area contributed by atoms with Crippen molar-refractivity contribution in [1.82, 2.24) is 5.32 Å². The van der Waals surface area contributed by atoms with E-state index in [0.717, 1.165) is 6.08 Å².